The third-order valence-corrected chi connectivity index (χ3v) is 3.91. The van der Waals surface area contributed by atoms with Crippen LogP contribution in [0.3, 0.4) is 0 Å². The Kier molecular flexibility index (Phi) is 6.73. The van der Waals surface area contributed by atoms with Gasteiger partial charge < -0.3 is 9.47 Å². The maximum atomic E-state index is 12.0. The normalized spacial score (nSPS) is 11.6. The fraction of sp³-hybridized carbons (Fsp3) is 0.0870. The zero-order chi connectivity index (χ0) is 20.5. The van der Waals surface area contributed by atoms with Crippen molar-refractivity contribution in [3.63, 3.8) is 0 Å². The molecule has 6 nitrogen and oxygen atoms in total. The molecule has 29 heavy (non-hydrogen) atoms. The summed E-state index contributed by atoms with van der Waals surface area (Å²) in [4.78, 5) is 24.1. The molecule has 0 aliphatic carbocycles. The standard InChI is InChI=1S/C23H20N2O4/c1-17(28-20-10-6-3-7-11-20)22(26)25-24-16-18-12-14-21(15-13-18)29-23(27)19-8-4-2-5-9-19/h2-17H,1H3,(H,25,26)/b24-16+. The van der Waals surface area contributed by atoms with Gasteiger partial charge in [-0.25, -0.2) is 10.2 Å². The number of carbonyl (C=O) groups is 2. The summed E-state index contributed by atoms with van der Waals surface area (Å²) in [6.07, 6.45) is 0.810. The highest BCUT2D eigenvalue weighted by atomic mass is 16.5. The average molecular weight is 388 g/mol. The smallest absolute Gasteiger partial charge is 0.343 e. The number of nitrogens with one attached hydrogen (secondary N) is 1. The molecule has 3 aromatic carbocycles. The van der Waals surface area contributed by atoms with E-state index in [1.165, 1.54) is 6.21 Å². The van der Waals surface area contributed by atoms with Gasteiger partial charge in [0.25, 0.3) is 5.91 Å². The summed E-state index contributed by atoms with van der Waals surface area (Å²) in [6.45, 7) is 1.65. The minimum atomic E-state index is -0.686. The van der Waals surface area contributed by atoms with Crippen LogP contribution < -0.4 is 14.9 Å². The van der Waals surface area contributed by atoms with Gasteiger partial charge in [0.1, 0.15) is 11.5 Å². The summed E-state index contributed by atoms with van der Waals surface area (Å²) in [6, 6.07) is 24.6. The second-order valence-corrected chi connectivity index (χ2v) is 6.13. The fourth-order valence-corrected chi connectivity index (χ4v) is 2.38. The largest absolute Gasteiger partial charge is 0.481 e. The highest BCUT2D eigenvalue weighted by molar-refractivity contribution is 5.91. The first-order valence-corrected chi connectivity index (χ1v) is 9.04. The van der Waals surface area contributed by atoms with E-state index >= 15 is 0 Å². The summed E-state index contributed by atoms with van der Waals surface area (Å²) in [5.41, 5.74) is 3.66. The molecule has 0 aromatic heterocycles. The van der Waals surface area contributed by atoms with Crippen LogP contribution in [0.15, 0.2) is 90.0 Å². The van der Waals surface area contributed by atoms with Crippen LogP contribution in [0.1, 0.15) is 22.8 Å². The van der Waals surface area contributed by atoms with Crippen LogP contribution in [-0.4, -0.2) is 24.2 Å². The molecule has 1 amide bonds. The van der Waals surface area contributed by atoms with E-state index in [2.05, 4.69) is 10.5 Å². The van der Waals surface area contributed by atoms with Crippen molar-refractivity contribution in [2.45, 2.75) is 13.0 Å². The molecule has 0 spiro atoms. The van der Waals surface area contributed by atoms with Crippen molar-refractivity contribution in [3.8, 4) is 11.5 Å². The highest BCUT2D eigenvalue weighted by Gasteiger charge is 2.13. The van der Waals surface area contributed by atoms with E-state index in [-0.39, 0.29) is 5.91 Å². The molecule has 0 aliphatic heterocycles. The van der Waals surface area contributed by atoms with Gasteiger partial charge in [-0.2, -0.15) is 5.10 Å². The van der Waals surface area contributed by atoms with Crippen LogP contribution in [0.5, 0.6) is 11.5 Å². The number of ether oxygens (including phenoxy) is 2. The number of para-hydroxylation sites is 1. The van der Waals surface area contributed by atoms with E-state index in [1.807, 2.05) is 24.3 Å². The molecule has 0 aliphatic rings. The number of hydrazone groups is 1. The molecule has 1 unspecified atom stereocenters. The molecule has 1 N–H and O–H groups in total. The number of hydrogen-bond acceptors (Lipinski definition) is 5. The lowest BCUT2D eigenvalue weighted by Gasteiger charge is -2.12. The summed E-state index contributed by atoms with van der Waals surface area (Å²) in [5.74, 6) is 0.245. The minimum absolute atomic E-state index is 0.362. The number of benzene rings is 3. The zero-order valence-electron chi connectivity index (χ0n) is 15.8. The molecule has 6 heteroatoms. The Balaban J connectivity index is 1.49. The van der Waals surface area contributed by atoms with Crippen LogP contribution in [0.4, 0.5) is 0 Å². The maximum absolute atomic E-state index is 12.0. The quantitative estimate of drug-likeness (QED) is 0.289. The van der Waals surface area contributed by atoms with Gasteiger partial charge in [-0.1, -0.05) is 36.4 Å². The van der Waals surface area contributed by atoms with Gasteiger partial charge in [-0.15, -0.1) is 0 Å². The summed E-state index contributed by atoms with van der Waals surface area (Å²) in [7, 11) is 0. The van der Waals surface area contributed by atoms with Crippen LogP contribution in [0.25, 0.3) is 0 Å². The van der Waals surface area contributed by atoms with Gasteiger partial charge in [0.2, 0.25) is 0 Å². The summed E-state index contributed by atoms with van der Waals surface area (Å²) < 4.78 is 10.9. The molecule has 0 radical (unpaired) electrons. The van der Waals surface area contributed by atoms with Gasteiger partial charge in [0.05, 0.1) is 11.8 Å². The molecule has 3 rings (SSSR count). The van der Waals surface area contributed by atoms with Crippen LogP contribution >= 0.6 is 0 Å². The Bertz CT molecular complexity index is 971. The number of amides is 1. The summed E-state index contributed by atoms with van der Waals surface area (Å²) in [5, 5.41) is 3.93. The third-order valence-electron chi connectivity index (χ3n) is 3.91. The van der Waals surface area contributed by atoms with E-state index in [9.17, 15) is 9.59 Å². The lowest BCUT2D eigenvalue weighted by atomic mass is 10.2. The predicted octanol–water partition coefficient (Wildman–Crippen LogP) is 3.82. The molecule has 0 bridgehead atoms. The number of rotatable bonds is 7. The predicted molar refractivity (Wildman–Crippen MR) is 110 cm³/mol. The Hall–Kier alpha value is -3.93. The highest BCUT2D eigenvalue weighted by Crippen LogP contribution is 2.14. The van der Waals surface area contributed by atoms with Crippen LogP contribution in [-0.2, 0) is 4.79 Å². The van der Waals surface area contributed by atoms with Gasteiger partial charge in [-0.3, -0.25) is 4.79 Å². The Morgan fingerprint density at radius 3 is 2.14 bits per heavy atom. The van der Waals surface area contributed by atoms with Crippen molar-refractivity contribution in [1.82, 2.24) is 5.43 Å². The van der Waals surface area contributed by atoms with Crippen molar-refractivity contribution in [2.75, 3.05) is 0 Å². The van der Waals surface area contributed by atoms with Crippen molar-refractivity contribution in [2.24, 2.45) is 5.10 Å². The first kappa shape index (κ1) is 19.8. The molecule has 0 saturated heterocycles. The molecule has 0 saturated carbocycles. The summed E-state index contributed by atoms with van der Waals surface area (Å²) >= 11 is 0. The fourth-order valence-electron chi connectivity index (χ4n) is 2.38. The van der Waals surface area contributed by atoms with Gasteiger partial charge in [-0.05, 0) is 61.0 Å². The Morgan fingerprint density at radius 2 is 1.48 bits per heavy atom. The van der Waals surface area contributed by atoms with E-state index in [0.717, 1.165) is 5.56 Å². The average Bonchev–Trinajstić information content (AvgIpc) is 2.76. The molecule has 0 heterocycles. The third kappa shape index (κ3) is 6.04. The Morgan fingerprint density at radius 1 is 0.862 bits per heavy atom. The van der Waals surface area contributed by atoms with Gasteiger partial charge in [0.15, 0.2) is 6.10 Å². The maximum Gasteiger partial charge on any atom is 0.343 e. The zero-order valence-corrected chi connectivity index (χ0v) is 15.8. The minimum Gasteiger partial charge on any atom is -0.481 e. The number of nitrogens with zero attached hydrogens (tertiary/aromatic N) is 1. The van der Waals surface area contributed by atoms with E-state index in [0.29, 0.717) is 17.1 Å². The van der Waals surface area contributed by atoms with Crippen molar-refractivity contribution < 1.29 is 19.1 Å². The first-order valence-electron chi connectivity index (χ1n) is 9.04. The van der Waals surface area contributed by atoms with E-state index in [1.54, 1.807) is 67.6 Å². The Labute approximate surface area is 168 Å². The number of esters is 1. The molecule has 1 atom stereocenters. The molecular formula is C23H20N2O4. The van der Waals surface area contributed by atoms with Crippen molar-refractivity contribution >= 4 is 18.1 Å². The van der Waals surface area contributed by atoms with Crippen LogP contribution in [0.2, 0.25) is 0 Å². The van der Waals surface area contributed by atoms with Gasteiger partial charge >= 0.3 is 5.97 Å². The molecule has 3 aromatic rings. The SMILES string of the molecule is CC(Oc1ccccc1)C(=O)N/N=C/c1ccc(OC(=O)c2ccccc2)cc1. The van der Waals surface area contributed by atoms with E-state index < -0.39 is 12.1 Å². The second-order valence-electron chi connectivity index (χ2n) is 6.13. The lowest BCUT2D eigenvalue weighted by molar-refractivity contribution is -0.127. The monoisotopic (exact) mass is 388 g/mol. The van der Waals surface area contributed by atoms with Crippen molar-refractivity contribution in [1.29, 1.82) is 0 Å². The first-order chi connectivity index (χ1) is 14.1. The second kappa shape index (κ2) is 9.85. The number of carbonyl (C=O) groups excluding carboxylic acids is 2. The molecule has 146 valence electrons. The van der Waals surface area contributed by atoms with Crippen molar-refractivity contribution in [3.05, 3.63) is 96.1 Å². The topological polar surface area (TPSA) is 77.0 Å². The number of hydrogen-bond donors (Lipinski definition) is 1. The molecule has 0 fully saturated rings. The lowest BCUT2D eigenvalue weighted by Crippen LogP contribution is -2.33. The van der Waals surface area contributed by atoms with Crippen LogP contribution in [0, 0.1) is 0 Å². The van der Waals surface area contributed by atoms with E-state index in [4.69, 9.17) is 9.47 Å². The van der Waals surface area contributed by atoms with Gasteiger partial charge in [0, 0.05) is 0 Å². The molecular weight excluding hydrogens is 368 g/mol.